The molecule has 9 heteroatoms. The predicted octanol–water partition coefficient (Wildman–Crippen LogP) is 5.59. The zero-order valence-corrected chi connectivity index (χ0v) is 20.6. The van der Waals surface area contributed by atoms with Crippen LogP contribution in [0.25, 0.3) is 22.3 Å². The molecule has 0 saturated heterocycles. The van der Waals surface area contributed by atoms with E-state index in [1.165, 1.54) is 0 Å². The second-order valence-corrected chi connectivity index (χ2v) is 9.37. The van der Waals surface area contributed by atoms with Crippen LogP contribution in [-0.2, 0) is 0 Å². The fraction of sp³-hybridized carbons (Fsp3) is 0.222. The molecule has 3 aromatic heterocycles. The average Bonchev–Trinajstić information content (AvgIpc) is 3.26. The van der Waals surface area contributed by atoms with E-state index in [0.29, 0.717) is 52.3 Å². The van der Waals surface area contributed by atoms with Crippen molar-refractivity contribution in [2.45, 2.75) is 19.3 Å². The number of halogens is 1. The van der Waals surface area contributed by atoms with E-state index in [2.05, 4.69) is 26.7 Å². The highest BCUT2D eigenvalue weighted by Gasteiger charge is 2.33. The molecule has 0 radical (unpaired) electrons. The number of amides is 1. The number of carbonyl (C=O) groups is 1. The van der Waals surface area contributed by atoms with Crippen molar-refractivity contribution in [2.24, 2.45) is 0 Å². The lowest BCUT2D eigenvalue weighted by molar-refractivity contribution is 0.0941. The van der Waals surface area contributed by atoms with Crippen LogP contribution in [0.4, 0.5) is 11.4 Å². The van der Waals surface area contributed by atoms with Crippen molar-refractivity contribution in [1.29, 1.82) is 0 Å². The fourth-order valence-electron chi connectivity index (χ4n) is 4.82. The SMILES string of the molecule is COc1c(Cl)cccc1Nc1c2[nH]c3c1C(=O)NC[C@@H]3C/C=C(\C)COc1ccc3nccc-2c3n1. The van der Waals surface area contributed by atoms with E-state index < -0.39 is 0 Å². The van der Waals surface area contributed by atoms with Crippen LogP contribution in [0.15, 0.2) is 54.2 Å². The first-order chi connectivity index (χ1) is 17.5. The molecule has 3 N–H and O–H groups in total. The van der Waals surface area contributed by atoms with Crippen molar-refractivity contribution >= 4 is 39.9 Å². The van der Waals surface area contributed by atoms with Gasteiger partial charge in [-0.3, -0.25) is 9.78 Å². The Kier molecular flexibility index (Phi) is 5.53. The van der Waals surface area contributed by atoms with Gasteiger partial charge in [-0.05, 0) is 43.2 Å². The molecule has 1 atom stereocenters. The first kappa shape index (κ1) is 22.4. The van der Waals surface area contributed by atoms with Gasteiger partial charge in [-0.25, -0.2) is 4.98 Å². The third-order valence-electron chi connectivity index (χ3n) is 6.63. The highest BCUT2D eigenvalue weighted by molar-refractivity contribution is 6.32. The topological polar surface area (TPSA) is 101 Å². The Morgan fingerprint density at radius 3 is 2.97 bits per heavy atom. The number of anilines is 2. The Balaban J connectivity index is 1.64. The molecule has 6 rings (SSSR count). The molecule has 1 amide bonds. The van der Waals surface area contributed by atoms with Gasteiger partial charge < -0.3 is 25.1 Å². The molecule has 0 saturated carbocycles. The van der Waals surface area contributed by atoms with Crippen molar-refractivity contribution in [1.82, 2.24) is 20.3 Å². The van der Waals surface area contributed by atoms with Gasteiger partial charge in [0.2, 0.25) is 5.88 Å². The van der Waals surface area contributed by atoms with E-state index in [1.807, 2.05) is 37.3 Å². The van der Waals surface area contributed by atoms with Crippen LogP contribution in [0.5, 0.6) is 11.6 Å². The van der Waals surface area contributed by atoms with Gasteiger partial charge in [0, 0.05) is 36.0 Å². The zero-order valence-electron chi connectivity index (χ0n) is 19.8. The number of benzene rings is 1. The van der Waals surface area contributed by atoms with E-state index in [-0.39, 0.29) is 11.8 Å². The minimum atomic E-state index is -0.143. The molecular formula is C27H24ClN5O3. The number of pyridine rings is 2. The van der Waals surface area contributed by atoms with Crippen LogP contribution in [0.3, 0.4) is 0 Å². The third-order valence-corrected chi connectivity index (χ3v) is 6.93. The summed E-state index contributed by atoms with van der Waals surface area (Å²) in [5.74, 6) is 0.935. The lowest BCUT2D eigenvalue weighted by Crippen LogP contribution is -2.35. The molecule has 0 spiro atoms. The van der Waals surface area contributed by atoms with Gasteiger partial charge in [-0.15, -0.1) is 0 Å². The Bertz CT molecular complexity index is 1540. The largest absolute Gasteiger partial charge is 0.493 e. The van der Waals surface area contributed by atoms with Crippen LogP contribution in [-0.4, -0.2) is 41.1 Å². The first-order valence-electron chi connectivity index (χ1n) is 11.7. The fourth-order valence-corrected chi connectivity index (χ4v) is 5.08. The molecule has 0 fully saturated rings. The number of hydrogen-bond donors (Lipinski definition) is 3. The number of para-hydroxylation sites is 1. The summed E-state index contributed by atoms with van der Waals surface area (Å²) in [7, 11) is 1.57. The highest BCUT2D eigenvalue weighted by Crippen LogP contribution is 2.44. The summed E-state index contributed by atoms with van der Waals surface area (Å²) in [4.78, 5) is 26.2. The van der Waals surface area contributed by atoms with Gasteiger partial charge in [0.05, 0.1) is 40.3 Å². The molecule has 5 heterocycles. The zero-order chi connectivity index (χ0) is 24.8. The average molecular weight is 502 g/mol. The Morgan fingerprint density at radius 1 is 1.22 bits per heavy atom. The van der Waals surface area contributed by atoms with Crippen LogP contribution in [0.1, 0.15) is 35.3 Å². The molecular weight excluding hydrogens is 478 g/mol. The maximum absolute atomic E-state index is 13.3. The summed E-state index contributed by atoms with van der Waals surface area (Å²) in [6.45, 7) is 3.01. The number of rotatable bonds is 3. The Labute approximate surface area is 212 Å². The third kappa shape index (κ3) is 3.74. The van der Waals surface area contributed by atoms with Gasteiger partial charge in [-0.2, -0.15) is 0 Å². The van der Waals surface area contributed by atoms with Gasteiger partial charge in [0.1, 0.15) is 12.1 Å². The molecule has 182 valence electrons. The van der Waals surface area contributed by atoms with Crippen molar-refractivity contribution in [3.8, 4) is 22.9 Å². The Hall–Kier alpha value is -4.04. The first-order valence-corrected chi connectivity index (χ1v) is 12.1. The maximum atomic E-state index is 13.3. The lowest BCUT2D eigenvalue weighted by atomic mass is 9.92. The maximum Gasteiger partial charge on any atom is 0.255 e. The summed E-state index contributed by atoms with van der Waals surface area (Å²) in [5.41, 5.74) is 6.76. The molecule has 2 aliphatic rings. The second-order valence-electron chi connectivity index (χ2n) is 8.97. The van der Waals surface area contributed by atoms with E-state index in [0.717, 1.165) is 34.5 Å². The van der Waals surface area contributed by atoms with E-state index in [4.69, 9.17) is 26.1 Å². The summed E-state index contributed by atoms with van der Waals surface area (Å²) < 4.78 is 11.6. The standard InChI is InChI=1S/C27H24ClN5O3/c1-14-6-7-15-12-30-27(34)21-22(15)33-24(25(21)31-19-5-3-4-17(28)26(19)35-2)16-10-11-29-18-8-9-20(36-13-14)32-23(16)18/h3-6,8-11,15,31,33H,7,12-13H2,1-2H3,(H,30,34)/b14-6+/t15-/m0/s1. The van der Waals surface area contributed by atoms with Gasteiger partial charge in [-0.1, -0.05) is 23.7 Å². The predicted molar refractivity (Wildman–Crippen MR) is 140 cm³/mol. The van der Waals surface area contributed by atoms with Gasteiger partial charge >= 0.3 is 0 Å². The lowest BCUT2D eigenvalue weighted by Gasteiger charge is -2.23. The van der Waals surface area contributed by atoms with Crippen molar-refractivity contribution in [3.05, 3.63) is 70.5 Å². The molecule has 0 aliphatic carbocycles. The van der Waals surface area contributed by atoms with Crippen LogP contribution < -0.4 is 20.1 Å². The van der Waals surface area contributed by atoms with Crippen molar-refractivity contribution in [3.63, 3.8) is 0 Å². The highest BCUT2D eigenvalue weighted by atomic mass is 35.5. The summed E-state index contributed by atoms with van der Waals surface area (Å²) in [5, 5.41) is 6.99. The smallest absolute Gasteiger partial charge is 0.255 e. The monoisotopic (exact) mass is 501 g/mol. The van der Waals surface area contributed by atoms with Crippen LogP contribution in [0.2, 0.25) is 5.02 Å². The van der Waals surface area contributed by atoms with Crippen molar-refractivity contribution < 1.29 is 14.3 Å². The van der Waals surface area contributed by atoms with Crippen LogP contribution >= 0.6 is 11.6 Å². The number of aromatic nitrogens is 3. The minimum Gasteiger partial charge on any atom is -0.493 e. The molecule has 36 heavy (non-hydrogen) atoms. The number of nitrogens with zero attached hydrogens (tertiary/aromatic N) is 2. The van der Waals surface area contributed by atoms with E-state index in [1.54, 1.807) is 19.4 Å². The number of carbonyl (C=O) groups excluding carboxylic acids is 1. The molecule has 2 aliphatic heterocycles. The molecule has 0 unspecified atom stereocenters. The minimum absolute atomic E-state index is 0.0670. The molecule has 4 aromatic rings. The number of fused-ring (bicyclic) bond motifs is 3. The number of hydrogen-bond acceptors (Lipinski definition) is 6. The number of nitrogens with one attached hydrogen (secondary N) is 3. The van der Waals surface area contributed by atoms with Gasteiger partial charge in [0.25, 0.3) is 5.91 Å². The summed E-state index contributed by atoms with van der Waals surface area (Å²) in [6.07, 6.45) is 4.65. The number of methoxy groups -OCH3 is 1. The van der Waals surface area contributed by atoms with Crippen LogP contribution in [0, 0.1) is 0 Å². The molecule has 4 bridgehead atoms. The molecule has 8 nitrogen and oxygen atoms in total. The number of allylic oxidation sites excluding steroid dienone is 1. The Morgan fingerprint density at radius 2 is 2.11 bits per heavy atom. The summed E-state index contributed by atoms with van der Waals surface area (Å²) >= 11 is 6.40. The number of aromatic amines is 1. The second kappa shape index (κ2) is 8.87. The van der Waals surface area contributed by atoms with E-state index >= 15 is 0 Å². The normalized spacial score (nSPS) is 18.2. The number of ether oxygens (including phenoxy) is 2. The quantitative estimate of drug-likeness (QED) is 0.316. The number of H-pyrrole nitrogens is 1. The van der Waals surface area contributed by atoms with E-state index in [9.17, 15) is 4.79 Å². The summed E-state index contributed by atoms with van der Waals surface area (Å²) in [6, 6.07) is 11.1. The van der Waals surface area contributed by atoms with Crippen molar-refractivity contribution in [2.75, 3.05) is 25.6 Å². The molecule has 1 aromatic carbocycles. The van der Waals surface area contributed by atoms with Gasteiger partial charge in [0.15, 0.2) is 5.75 Å².